The van der Waals surface area contributed by atoms with Gasteiger partial charge in [0.2, 0.25) is 5.56 Å². The van der Waals surface area contributed by atoms with Crippen molar-refractivity contribution in [3.63, 3.8) is 0 Å². The van der Waals surface area contributed by atoms with E-state index in [4.69, 9.17) is 0 Å². The Hall–Kier alpha value is -1.82. The summed E-state index contributed by atoms with van der Waals surface area (Å²) in [5.41, 5.74) is 0.0701. The molecule has 0 saturated carbocycles. The molecule has 1 aliphatic heterocycles. The molecule has 0 aliphatic carbocycles. The van der Waals surface area contributed by atoms with E-state index in [1.54, 1.807) is 16.7 Å². The van der Waals surface area contributed by atoms with Crippen molar-refractivity contribution in [1.82, 2.24) is 20.1 Å². The van der Waals surface area contributed by atoms with Gasteiger partial charge in [-0.3, -0.25) is 9.79 Å². The number of aryl methyl sites for hydroxylation is 1. The Morgan fingerprint density at radius 3 is 2.68 bits per heavy atom. The molecular formula is C19H33N5O. The van der Waals surface area contributed by atoms with Crippen LogP contribution in [0.4, 0.5) is 0 Å². The summed E-state index contributed by atoms with van der Waals surface area (Å²) in [6, 6.07) is 6.42. The lowest BCUT2D eigenvalue weighted by Crippen LogP contribution is -2.50. The van der Waals surface area contributed by atoms with Crippen molar-refractivity contribution in [2.24, 2.45) is 4.99 Å². The molecule has 6 heteroatoms. The third-order valence-corrected chi connectivity index (χ3v) is 4.84. The predicted molar refractivity (Wildman–Crippen MR) is 104 cm³/mol. The Morgan fingerprint density at radius 2 is 2.04 bits per heavy atom. The second kappa shape index (κ2) is 10.2. The quantitative estimate of drug-likeness (QED) is 0.447. The molecule has 1 fully saturated rings. The molecule has 0 amide bonds. The van der Waals surface area contributed by atoms with E-state index in [9.17, 15) is 4.79 Å². The van der Waals surface area contributed by atoms with Gasteiger partial charge in [-0.15, -0.1) is 0 Å². The average Bonchev–Trinajstić information content (AvgIpc) is 2.62. The molecule has 0 radical (unpaired) electrons. The first-order valence-electron chi connectivity index (χ1n) is 9.47. The van der Waals surface area contributed by atoms with Crippen LogP contribution in [0, 0.1) is 0 Å². The fraction of sp³-hybridized carbons (Fsp3) is 0.684. The number of piperidine rings is 1. The molecule has 0 unspecified atom stereocenters. The van der Waals surface area contributed by atoms with Crippen LogP contribution in [0.25, 0.3) is 0 Å². The van der Waals surface area contributed by atoms with Crippen molar-refractivity contribution in [3.05, 3.63) is 34.7 Å². The van der Waals surface area contributed by atoms with E-state index in [1.807, 2.05) is 19.3 Å². The number of aliphatic imine (C=N–C) groups is 1. The summed E-state index contributed by atoms with van der Waals surface area (Å²) >= 11 is 0. The minimum atomic E-state index is 0.0701. The number of rotatable bonds is 7. The summed E-state index contributed by atoms with van der Waals surface area (Å²) in [7, 11) is 1.82. The van der Waals surface area contributed by atoms with Crippen LogP contribution in [-0.2, 0) is 6.54 Å². The molecule has 25 heavy (non-hydrogen) atoms. The van der Waals surface area contributed by atoms with Gasteiger partial charge in [-0.1, -0.05) is 6.07 Å². The molecule has 1 aliphatic rings. The van der Waals surface area contributed by atoms with E-state index in [2.05, 4.69) is 34.4 Å². The standard InChI is InChI=1S/C19H33N5O/c1-16(2)23-14-9-17(10-15-23)22-19(20-3)21-11-5-7-13-24-12-6-4-8-18(24)25/h4,6,8,12,16-17H,5,7,9-11,13-15H2,1-3H3,(H2,20,21,22). The van der Waals surface area contributed by atoms with Crippen molar-refractivity contribution < 1.29 is 0 Å². The zero-order chi connectivity index (χ0) is 18.1. The predicted octanol–water partition coefficient (Wildman–Crippen LogP) is 1.67. The number of likely N-dealkylation sites (tertiary alicyclic amines) is 1. The molecule has 2 N–H and O–H groups in total. The second-order valence-electron chi connectivity index (χ2n) is 6.99. The molecule has 0 bridgehead atoms. The minimum Gasteiger partial charge on any atom is -0.356 e. The maximum absolute atomic E-state index is 11.6. The first-order chi connectivity index (χ1) is 12.1. The Morgan fingerprint density at radius 1 is 1.28 bits per heavy atom. The molecule has 6 nitrogen and oxygen atoms in total. The van der Waals surface area contributed by atoms with Crippen molar-refractivity contribution in [2.75, 3.05) is 26.7 Å². The molecule has 2 heterocycles. The van der Waals surface area contributed by atoms with Crippen molar-refractivity contribution in [3.8, 4) is 0 Å². The average molecular weight is 348 g/mol. The molecular weight excluding hydrogens is 314 g/mol. The lowest BCUT2D eigenvalue weighted by Gasteiger charge is -2.35. The lowest BCUT2D eigenvalue weighted by molar-refractivity contribution is 0.167. The molecule has 1 aromatic rings. The third-order valence-electron chi connectivity index (χ3n) is 4.84. The fourth-order valence-corrected chi connectivity index (χ4v) is 3.21. The smallest absolute Gasteiger partial charge is 0.250 e. The number of hydrogen-bond acceptors (Lipinski definition) is 3. The van der Waals surface area contributed by atoms with Gasteiger partial charge >= 0.3 is 0 Å². The summed E-state index contributed by atoms with van der Waals surface area (Å²) in [5, 5.41) is 6.93. The summed E-state index contributed by atoms with van der Waals surface area (Å²) in [6.07, 6.45) is 6.15. The zero-order valence-electron chi connectivity index (χ0n) is 15.9. The SMILES string of the molecule is CN=C(NCCCCn1ccccc1=O)NC1CCN(C(C)C)CC1. The van der Waals surface area contributed by atoms with Crippen LogP contribution in [0.3, 0.4) is 0 Å². The van der Waals surface area contributed by atoms with E-state index in [1.165, 1.54) is 0 Å². The minimum absolute atomic E-state index is 0.0701. The van der Waals surface area contributed by atoms with Crippen LogP contribution in [0.2, 0.25) is 0 Å². The fourth-order valence-electron chi connectivity index (χ4n) is 3.21. The van der Waals surface area contributed by atoms with Gasteiger partial charge < -0.3 is 20.1 Å². The summed E-state index contributed by atoms with van der Waals surface area (Å²) in [5.74, 6) is 0.889. The van der Waals surface area contributed by atoms with Gasteiger partial charge in [-0.2, -0.15) is 0 Å². The van der Waals surface area contributed by atoms with E-state index in [-0.39, 0.29) is 5.56 Å². The number of hydrogen-bond donors (Lipinski definition) is 2. The zero-order valence-corrected chi connectivity index (χ0v) is 15.9. The van der Waals surface area contributed by atoms with E-state index in [0.717, 1.165) is 57.8 Å². The first-order valence-corrected chi connectivity index (χ1v) is 9.47. The van der Waals surface area contributed by atoms with Gasteiger partial charge in [0.05, 0.1) is 0 Å². The second-order valence-corrected chi connectivity index (χ2v) is 6.99. The van der Waals surface area contributed by atoms with Gasteiger partial charge in [-0.25, -0.2) is 0 Å². The molecule has 0 spiro atoms. The van der Waals surface area contributed by atoms with Crippen LogP contribution in [0.15, 0.2) is 34.2 Å². The lowest BCUT2D eigenvalue weighted by atomic mass is 10.0. The monoisotopic (exact) mass is 347 g/mol. The van der Waals surface area contributed by atoms with Crippen molar-refractivity contribution in [1.29, 1.82) is 0 Å². The van der Waals surface area contributed by atoms with Crippen LogP contribution in [0.5, 0.6) is 0 Å². The van der Waals surface area contributed by atoms with Gasteiger partial charge in [0.15, 0.2) is 5.96 Å². The van der Waals surface area contributed by atoms with Gasteiger partial charge in [0.25, 0.3) is 0 Å². The van der Waals surface area contributed by atoms with Gasteiger partial charge in [0, 0.05) is 57.6 Å². The highest BCUT2D eigenvalue weighted by Gasteiger charge is 2.21. The molecule has 0 atom stereocenters. The Balaban J connectivity index is 1.62. The Kier molecular flexibility index (Phi) is 7.98. The van der Waals surface area contributed by atoms with Gasteiger partial charge in [-0.05, 0) is 45.6 Å². The molecule has 2 rings (SSSR count). The summed E-state index contributed by atoms with van der Waals surface area (Å²) in [4.78, 5) is 18.5. The van der Waals surface area contributed by atoms with E-state index >= 15 is 0 Å². The van der Waals surface area contributed by atoms with Crippen molar-refractivity contribution in [2.45, 2.75) is 58.2 Å². The number of guanidine groups is 1. The van der Waals surface area contributed by atoms with Crippen LogP contribution in [-0.4, -0.2) is 54.2 Å². The number of unbranched alkanes of at least 4 members (excludes halogenated alkanes) is 1. The number of pyridine rings is 1. The maximum atomic E-state index is 11.6. The highest BCUT2D eigenvalue weighted by Crippen LogP contribution is 2.12. The normalized spacial score (nSPS) is 17.0. The molecule has 1 saturated heterocycles. The van der Waals surface area contributed by atoms with E-state index < -0.39 is 0 Å². The van der Waals surface area contributed by atoms with E-state index in [0.29, 0.717) is 12.1 Å². The van der Waals surface area contributed by atoms with Crippen molar-refractivity contribution >= 4 is 5.96 Å². The van der Waals surface area contributed by atoms with Crippen LogP contribution >= 0.6 is 0 Å². The molecule has 140 valence electrons. The first kappa shape index (κ1) is 19.5. The Labute approximate surface area is 151 Å². The largest absolute Gasteiger partial charge is 0.356 e. The topological polar surface area (TPSA) is 61.7 Å². The number of nitrogens with zero attached hydrogens (tertiary/aromatic N) is 3. The maximum Gasteiger partial charge on any atom is 0.250 e. The highest BCUT2D eigenvalue weighted by molar-refractivity contribution is 5.79. The van der Waals surface area contributed by atoms with Gasteiger partial charge in [0.1, 0.15) is 0 Å². The van der Waals surface area contributed by atoms with Crippen LogP contribution < -0.4 is 16.2 Å². The van der Waals surface area contributed by atoms with Crippen LogP contribution in [0.1, 0.15) is 39.5 Å². The Bertz CT molecular complexity index is 587. The highest BCUT2D eigenvalue weighted by atomic mass is 16.1. The molecule has 1 aromatic heterocycles. The summed E-state index contributed by atoms with van der Waals surface area (Å²) in [6.45, 7) is 8.46. The molecule has 0 aromatic carbocycles. The number of nitrogens with one attached hydrogen (secondary N) is 2. The third kappa shape index (κ3) is 6.53. The number of aromatic nitrogens is 1. The summed E-state index contributed by atoms with van der Waals surface area (Å²) < 4.78 is 1.76.